The summed E-state index contributed by atoms with van der Waals surface area (Å²) in [7, 11) is 0. The molecule has 0 saturated heterocycles. The quantitative estimate of drug-likeness (QED) is 0.680. The van der Waals surface area contributed by atoms with Gasteiger partial charge in [0.1, 0.15) is 0 Å². The van der Waals surface area contributed by atoms with Crippen molar-refractivity contribution in [3.8, 4) is 0 Å². The summed E-state index contributed by atoms with van der Waals surface area (Å²) in [6.07, 6.45) is 10.2. The average molecular weight is 226 g/mol. The molecule has 2 heteroatoms. The van der Waals surface area contributed by atoms with Gasteiger partial charge in [0.15, 0.2) is 6.29 Å². The van der Waals surface area contributed by atoms with E-state index in [2.05, 4.69) is 0 Å². The summed E-state index contributed by atoms with van der Waals surface area (Å²) in [4.78, 5) is 0. The van der Waals surface area contributed by atoms with Crippen molar-refractivity contribution in [1.82, 2.24) is 0 Å². The molecule has 0 heterocycles. The van der Waals surface area contributed by atoms with E-state index in [0.29, 0.717) is 6.10 Å². The molecule has 0 aromatic carbocycles. The number of hydrogen-bond donors (Lipinski definition) is 0. The van der Waals surface area contributed by atoms with E-state index in [-0.39, 0.29) is 6.29 Å². The molecule has 0 aromatic heterocycles. The highest BCUT2D eigenvalue weighted by molar-refractivity contribution is 4.85. The maximum atomic E-state index is 6.08. The van der Waals surface area contributed by atoms with Crippen LogP contribution in [-0.4, -0.2) is 19.0 Å². The Labute approximate surface area is 99.7 Å². The van der Waals surface area contributed by atoms with Gasteiger partial charge in [-0.3, -0.25) is 0 Å². The zero-order valence-corrected chi connectivity index (χ0v) is 10.8. The fourth-order valence-electron chi connectivity index (χ4n) is 3.57. The lowest BCUT2D eigenvalue weighted by atomic mass is 9.69. The van der Waals surface area contributed by atoms with Gasteiger partial charge in [-0.15, -0.1) is 0 Å². The molecule has 0 aromatic rings. The van der Waals surface area contributed by atoms with E-state index in [1.165, 1.54) is 44.9 Å². The van der Waals surface area contributed by atoms with Crippen LogP contribution in [0.15, 0.2) is 0 Å². The van der Waals surface area contributed by atoms with Crippen LogP contribution in [0.3, 0.4) is 0 Å². The molecule has 2 rings (SSSR count). The zero-order valence-electron chi connectivity index (χ0n) is 10.8. The molecule has 2 nitrogen and oxygen atoms in total. The summed E-state index contributed by atoms with van der Waals surface area (Å²) in [5, 5.41) is 0. The molecule has 2 aliphatic rings. The van der Waals surface area contributed by atoms with E-state index in [4.69, 9.17) is 9.47 Å². The predicted molar refractivity (Wildman–Crippen MR) is 65.3 cm³/mol. The Balaban J connectivity index is 1.87. The fourth-order valence-corrected chi connectivity index (χ4v) is 3.57. The second-order valence-electron chi connectivity index (χ2n) is 5.34. The standard InChI is InChI=1S/C14H26O2/c1-3-15-11(2)16-14-10-6-8-12-7-4-5-9-13(12)14/h11-14H,3-10H2,1-2H3. The summed E-state index contributed by atoms with van der Waals surface area (Å²) in [6, 6.07) is 0. The summed E-state index contributed by atoms with van der Waals surface area (Å²) in [5.74, 6) is 1.77. The predicted octanol–water partition coefficient (Wildman–Crippen LogP) is 3.74. The molecule has 0 amide bonds. The topological polar surface area (TPSA) is 18.5 Å². The fraction of sp³-hybridized carbons (Fsp3) is 1.00. The molecule has 0 N–H and O–H groups in total. The van der Waals surface area contributed by atoms with Gasteiger partial charge in [-0.1, -0.05) is 25.7 Å². The van der Waals surface area contributed by atoms with Crippen LogP contribution in [0.1, 0.15) is 58.8 Å². The summed E-state index contributed by atoms with van der Waals surface area (Å²) < 4.78 is 11.6. The molecular formula is C14H26O2. The molecule has 16 heavy (non-hydrogen) atoms. The van der Waals surface area contributed by atoms with Gasteiger partial charge in [0.05, 0.1) is 6.10 Å². The molecule has 94 valence electrons. The van der Waals surface area contributed by atoms with E-state index < -0.39 is 0 Å². The average Bonchev–Trinajstić information content (AvgIpc) is 2.30. The lowest BCUT2D eigenvalue weighted by molar-refractivity contribution is -0.185. The molecule has 0 spiro atoms. The van der Waals surface area contributed by atoms with Crippen LogP contribution in [-0.2, 0) is 9.47 Å². The van der Waals surface area contributed by atoms with E-state index >= 15 is 0 Å². The van der Waals surface area contributed by atoms with Crippen molar-refractivity contribution in [3.05, 3.63) is 0 Å². The van der Waals surface area contributed by atoms with Crippen LogP contribution in [0, 0.1) is 11.8 Å². The van der Waals surface area contributed by atoms with Gasteiger partial charge in [-0.2, -0.15) is 0 Å². The third kappa shape index (κ3) is 2.98. The zero-order chi connectivity index (χ0) is 11.4. The van der Waals surface area contributed by atoms with E-state index in [1.807, 2.05) is 13.8 Å². The van der Waals surface area contributed by atoms with Crippen molar-refractivity contribution in [2.45, 2.75) is 71.2 Å². The van der Waals surface area contributed by atoms with Gasteiger partial charge < -0.3 is 9.47 Å². The molecule has 0 aliphatic heterocycles. The van der Waals surface area contributed by atoms with Crippen LogP contribution in [0.4, 0.5) is 0 Å². The minimum Gasteiger partial charge on any atom is -0.353 e. The lowest BCUT2D eigenvalue weighted by Crippen LogP contribution is -2.38. The molecule has 4 atom stereocenters. The highest BCUT2D eigenvalue weighted by atomic mass is 16.7. The number of fused-ring (bicyclic) bond motifs is 1. The monoisotopic (exact) mass is 226 g/mol. The van der Waals surface area contributed by atoms with E-state index in [1.54, 1.807) is 0 Å². The summed E-state index contributed by atoms with van der Waals surface area (Å²) >= 11 is 0. The Morgan fingerprint density at radius 3 is 2.62 bits per heavy atom. The van der Waals surface area contributed by atoms with Crippen molar-refractivity contribution in [2.75, 3.05) is 6.61 Å². The van der Waals surface area contributed by atoms with E-state index in [0.717, 1.165) is 18.4 Å². The van der Waals surface area contributed by atoms with Crippen LogP contribution in [0.5, 0.6) is 0 Å². The third-order valence-corrected chi connectivity index (χ3v) is 4.28. The Hall–Kier alpha value is -0.0800. The molecule has 2 saturated carbocycles. The number of hydrogen-bond acceptors (Lipinski definition) is 2. The maximum Gasteiger partial charge on any atom is 0.155 e. The van der Waals surface area contributed by atoms with Crippen LogP contribution >= 0.6 is 0 Å². The van der Waals surface area contributed by atoms with Crippen molar-refractivity contribution in [2.24, 2.45) is 11.8 Å². The second-order valence-corrected chi connectivity index (χ2v) is 5.34. The smallest absolute Gasteiger partial charge is 0.155 e. The van der Waals surface area contributed by atoms with Crippen molar-refractivity contribution in [1.29, 1.82) is 0 Å². The Morgan fingerprint density at radius 1 is 1.06 bits per heavy atom. The van der Waals surface area contributed by atoms with Crippen LogP contribution < -0.4 is 0 Å². The highest BCUT2D eigenvalue weighted by Gasteiger charge is 2.36. The van der Waals surface area contributed by atoms with Gasteiger partial charge >= 0.3 is 0 Å². The molecule has 0 radical (unpaired) electrons. The van der Waals surface area contributed by atoms with Crippen molar-refractivity contribution >= 4 is 0 Å². The minimum atomic E-state index is -0.0179. The first-order valence-electron chi connectivity index (χ1n) is 7.08. The summed E-state index contributed by atoms with van der Waals surface area (Å²) in [5.41, 5.74) is 0. The van der Waals surface area contributed by atoms with Gasteiger partial charge in [0, 0.05) is 6.61 Å². The lowest BCUT2D eigenvalue weighted by Gasteiger charge is -2.41. The minimum absolute atomic E-state index is 0.0179. The first-order valence-corrected chi connectivity index (χ1v) is 7.08. The highest BCUT2D eigenvalue weighted by Crippen LogP contribution is 2.42. The normalized spacial score (nSPS) is 36.8. The second kappa shape index (κ2) is 6.02. The molecule has 0 bridgehead atoms. The number of ether oxygens (including phenoxy) is 2. The molecule has 2 aliphatic carbocycles. The molecule has 4 unspecified atom stereocenters. The Kier molecular flexibility index (Phi) is 4.66. The maximum absolute atomic E-state index is 6.08. The van der Waals surface area contributed by atoms with Gasteiger partial charge in [-0.05, 0) is 44.9 Å². The van der Waals surface area contributed by atoms with Crippen molar-refractivity contribution < 1.29 is 9.47 Å². The first-order chi connectivity index (χ1) is 7.81. The third-order valence-electron chi connectivity index (χ3n) is 4.28. The molecular weight excluding hydrogens is 200 g/mol. The van der Waals surface area contributed by atoms with Crippen LogP contribution in [0.2, 0.25) is 0 Å². The molecule has 2 fully saturated rings. The van der Waals surface area contributed by atoms with Gasteiger partial charge in [0.2, 0.25) is 0 Å². The Morgan fingerprint density at radius 2 is 1.81 bits per heavy atom. The summed E-state index contributed by atoms with van der Waals surface area (Å²) in [6.45, 7) is 4.82. The first kappa shape index (κ1) is 12.4. The Bertz CT molecular complexity index is 203. The SMILES string of the molecule is CCOC(C)OC1CCCC2CCCCC21. The van der Waals surface area contributed by atoms with Crippen LogP contribution in [0.25, 0.3) is 0 Å². The van der Waals surface area contributed by atoms with E-state index in [9.17, 15) is 0 Å². The van der Waals surface area contributed by atoms with Crippen molar-refractivity contribution in [3.63, 3.8) is 0 Å². The van der Waals surface area contributed by atoms with Gasteiger partial charge in [-0.25, -0.2) is 0 Å². The van der Waals surface area contributed by atoms with Gasteiger partial charge in [0.25, 0.3) is 0 Å². The number of rotatable bonds is 4. The largest absolute Gasteiger partial charge is 0.353 e.